The van der Waals surface area contributed by atoms with Crippen LogP contribution in [0.5, 0.6) is 0 Å². The van der Waals surface area contributed by atoms with Gasteiger partial charge in [0.2, 0.25) is 5.91 Å². The first-order valence-electron chi connectivity index (χ1n) is 7.29. The second kappa shape index (κ2) is 6.55. The molecule has 3 heteroatoms. The Morgan fingerprint density at radius 1 is 1.44 bits per heavy atom. The van der Waals surface area contributed by atoms with Crippen LogP contribution >= 0.6 is 0 Å². The Bertz CT molecular complexity index is 270. The molecule has 1 aliphatic heterocycles. The summed E-state index contributed by atoms with van der Waals surface area (Å²) in [6.07, 6.45) is 3.88. The molecule has 1 aliphatic rings. The maximum atomic E-state index is 12.0. The van der Waals surface area contributed by atoms with Gasteiger partial charge >= 0.3 is 0 Å². The quantitative estimate of drug-likeness (QED) is 0.810. The minimum absolute atomic E-state index is 0.228. The highest BCUT2D eigenvalue weighted by molar-refractivity contribution is 5.76. The molecule has 106 valence electrons. The number of hydrogen-bond acceptors (Lipinski definition) is 2. The lowest BCUT2D eigenvalue weighted by molar-refractivity contribution is -0.123. The van der Waals surface area contributed by atoms with Gasteiger partial charge in [0, 0.05) is 18.5 Å². The number of rotatable bonds is 4. The molecule has 0 aromatic carbocycles. The van der Waals surface area contributed by atoms with E-state index in [1.54, 1.807) is 0 Å². The third-order valence-electron chi connectivity index (χ3n) is 3.48. The van der Waals surface area contributed by atoms with E-state index in [2.05, 4.69) is 45.3 Å². The molecule has 0 spiro atoms. The van der Waals surface area contributed by atoms with Gasteiger partial charge in [-0.05, 0) is 44.1 Å². The molecular weight excluding hydrogens is 224 g/mol. The number of carbonyl (C=O) groups is 1. The lowest BCUT2D eigenvalue weighted by Crippen LogP contribution is -2.46. The van der Waals surface area contributed by atoms with Crippen LogP contribution in [0.1, 0.15) is 60.3 Å². The maximum absolute atomic E-state index is 12.0. The first-order valence-corrected chi connectivity index (χ1v) is 7.29. The molecule has 3 nitrogen and oxygen atoms in total. The van der Waals surface area contributed by atoms with E-state index in [0.29, 0.717) is 29.8 Å². The van der Waals surface area contributed by atoms with Gasteiger partial charge in [-0.25, -0.2) is 0 Å². The highest BCUT2D eigenvalue weighted by Gasteiger charge is 2.22. The second-order valence-corrected chi connectivity index (χ2v) is 7.22. The largest absolute Gasteiger partial charge is 0.353 e. The van der Waals surface area contributed by atoms with E-state index in [9.17, 15) is 4.79 Å². The van der Waals surface area contributed by atoms with Gasteiger partial charge < -0.3 is 10.6 Å². The van der Waals surface area contributed by atoms with Crippen LogP contribution in [0.4, 0.5) is 0 Å². The van der Waals surface area contributed by atoms with E-state index in [0.717, 1.165) is 25.8 Å². The molecule has 0 aromatic rings. The molecule has 0 aliphatic carbocycles. The summed E-state index contributed by atoms with van der Waals surface area (Å²) >= 11 is 0. The monoisotopic (exact) mass is 254 g/mol. The lowest BCUT2D eigenvalue weighted by atomic mass is 9.84. The third-order valence-corrected chi connectivity index (χ3v) is 3.48. The van der Waals surface area contributed by atoms with Crippen molar-refractivity contribution >= 4 is 5.91 Å². The van der Waals surface area contributed by atoms with Gasteiger partial charge in [0.15, 0.2) is 0 Å². The minimum Gasteiger partial charge on any atom is -0.353 e. The summed E-state index contributed by atoms with van der Waals surface area (Å²) in [5, 5.41) is 6.59. The predicted molar refractivity (Wildman–Crippen MR) is 76.5 cm³/mol. The molecule has 2 N–H and O–H groups in total. The average Bonchev–Trinajstić information content (AvgIpc) is 2.13. The zero-order valence-corrected chi connectivity index (χ0v) is 12.7. The number of nitrogens with one attached hydrogen (secondary N) is 2. The fourth-order valence-electron chi connectivity index (χ4n) is 2.98. The molecule has 0 radical (unpaired) electrons. The van der Waals surface area contributed by atoms with Crippen molar-refractivity contribution in [1.29, 1.82) is 0 Å². The third kappa shape index (κ3) is 6.39. The van der Waals surface area contributed by atoms with Gasteiger partial charge in [0.05, 0.1) is 0 Å². The highest BCUT2D eigenvalue weighted by atomic mass is 16.1. The maximum Gasteiger partial charge on any atom is 0.220 e. The Hall–Kier alpha value is -0.570. The Morgan fingerprint density at radius 2 is 2.11 bits per heavy atom. The fourth-order valence-corrected chi connectivity index (χ4v) is 2.98. The molecule has 1 amide bonds. The number of hydrogen-bond donors (Lipinski definition) is 2. The summed E-state index contributed by atoms with van der Waals surface area (Å²) in [6, 6.07) is 0.895. The highest BCUT2D eigenvalue weighted by Crippen LogP contribution is 2.25. The normalized spacial score (nSPS) is 26.7. The summed E-state index contributed by atoms with van der Waals surface area (Å²) in [6.45, 7) is 12.1. The van der Waals surface area contributed by atoms with Gasteiger partial charge in [-0.1, -0.05) is 27.7 Å². The fraction of sp³-hybridized carbons (Fsp3) is 0.933. The topological polar surface area (TPSA) is 41.1 Å². The first-order chi connectivity index (χ1) is 8.26. The standard InChI is InChI=1S/C15H30N2O/c1-11(10-15(3,4)5)8-14(18)17-13-6-7-16-12(2)9-13/h11-13,16H,6-10H2,1-5H3,(H,17,18). The molecule has 1 fully saturated rings. The van der Waals surface area contributed by atoms with Crippen molar-refractivity contribution in [2.45, 2.75) is 72.4 Å². The van der Waals surface area contributed by atoms with E-state index >= 15 is 0 Å². The SMILES string of the molecule is CC(CC(=O)NC1CCNC(C)C1)CC(C)(C)C. The predicted octanol–water partition coefficient (Wildman–Crippen LogP) is 2.71. The molecular formula is C15H30N2O. The molecule has 1 heterocycles. The summed E-state index contributed by atoms with van der Waals surface area (Å²) < 4.78 is 0. The van der Waals surface area contributed by atoms with E-state index in [-0.39, 0.29) is 5.91 Å². The molecule has 1 rings (SSSR count). The number of carbonyl (C=O) groups excluding carboxylic acids is 1. The lowest BCUT2D eigenvalue weighted by Gasteiger charge is -2.29. The van der Waals surface area contributed by atoms with Gasteiger partial charge in [-0.3, -0.25) is 4.79 Å². The van der Waals surface area contributed by atoms with E-state index in [1.807, 2.05) is 0 Å². The van der Waals surface area contributed by atoms with Crippen LogP contribution in [0, 0.1) is 11.3 Å². The van der Waals surface area contributed by atoms with Gasteiger partial charge in [0.1, 0.15) is 0 Å². The zero-order valence-electron chi connectivity index (χ0n) is 12.7. The van der Waals surface area contributed by atoms with Gasteiger partial charge in [0.25, 0.3) is 0 Å². The van der Waals surface area contributed by atoms with Crippen molar-refractivity contribution in [2.24, 2.45) is 11.3 Å². The van der Waals surface area contributed by atoms with Crippen molar-refractivity contribution in [2.75, 3.05) is 6.54 Å². The summed E-state index contributed by atoms with van der Waals surface area (Å²) in [4.78, 5) is 12.0. The van der Waals surface area contributed by atoms with Gasteiger partial charge in [-0.15, -0.1) is 0 Å². The smallest absolute Gasteiger partial charge is 0.220 e. The van der Waals surface area contributed by atoms with Crippen molar-refractivity contribution < 1.29 is 4.79 Å². The Morgan fingerprint density at radius 3 is 2.67 bits per heavy atom. The molecule has 3 atom stereocenters. The average molecular weight is 254 g/mol. The van der Waals surface area contributed by atoms with Crippen molar-refractivity contribution in [3.05, 3.63) is 0 Å². The van der Waals surface area contributed by atoms with E-state index in [1.165, 1.54) is 0 Å². The summed E-state index contributed by atoms with van der Waals surface area (Å²) in [5.74, 6) is 0.690. The molecule has 0 saturated carbocycles. The van der Waals surface area contributed by atoms with Crippen molar-refractivity contribution in [3.8, 4) is 0 Å². The Balaban J connectivity index is 2.28. The van der Waals surface area contributed by atoms with Crippen LogP contribution in [0.3, 0.4) is 0 Å². The molecule has 18 heavy (non-hydrogen) atoms. The van der Waals surface area contributed by atoms with Crippen LogP contribution in [0.2, 0.25) is 0 Å². The van der Waals surface area contributed by atoms with Crippen molar-refractivity contribution in [1.82, 2.24) is 10.6 Å². The van der Waals surface area contributed by atoms with E-state index in [4.69, 9.17) is 0 Å². The number of piperidine rings is 1. The summed E-state index contributed by atoms with van der Waals surface area (Å²) in [5.41, 5.74) is 0.309. The molecule has 1 saturated heterocycles. The van der Waals surface area contributed by atoms with E-state index < -0.39 is 0 Å². The zero-order chi connectivity index (χ0) is 13.8. The van der Waals surface area contributed by atoms with Crippen LogP contribution in [0.15, 0.2) is 0 Å². The van der Waals surface area contributed by atoms with Crippen molar-refractivity contribution in [3.63, 3.8) is 0 Å². The second-order valence-electron chi connectivity index (χ2n) is 7.22. The summed E-state index contributed by atoms with van der Waals surface area (Å²) in [7, 11) is 0. The minimum atomic E-state index is 0.228. The van der Waals surface area contributed by atoms with Gasteiger partial charge in [-0.2, -0.15) is 0 Å². The van der Waals surface area contributed by atoms with Crippen LogP contribution < -0.4 is 10.6 Å². The number of amides is 1. The Kier molecular flexibility index (Phi) is 5.64. The van der Waals surface area contributed by atoms with Crippen LogP contribution in [0.25, 0.3) is 0 Å². The Labute approximate surface area is 112 Å². The molecule has 0 aromatic heterocycles. The first kappa shape index (κ1) is 15.5. The molecule has 0 bridgehead atoms. The van der Waals surface area contributed by atoms with Crippen LogP contribution in [-0.2, 0) is 4.79 Å². The molecule has 3 unspecified atom stereocenters. The van der Waals surface area contributed by atoms with Crippen LogP contribution in [-0.4, -0.2) is 24.5 Å².